The summed E-state index contributed by atoms with van der Waals surface area (Å²) >= 11 is 1.45. The van der Waals surface area contributed by atoms with E-state index in [9.17, 15) is 14.4 Å². The number of ketones is 3. The maximum atomic E-state index is 12.3. The fourth-order valence-corrected chi connectivity index (χ4v) is 3.60. The zero-order valence-electron chi connectivity index (χ0n) is 15.7. The normalized spacial score (nSPS) is 12.0. The van der Waals surface area contributed by atoms with Gasteiger partial charge in [0.25, 0.3) is 5.19 Å². The molecule has 28 heavy (non-hydrogen) atoms. The van der Waals surface area contributed by atoms with Crippen molar-refractivity contribution in [1.29, 1.82) is 0 Å². The third kappa shape index (κ3) is 4.43. The minimum atomic E-state index is -1.28. The van der Waals surface area contributed by atoms with Crippen molar-refractivity contribution in [3.05, 3.63) is 48.5 Å². The van der Waals surface area contributed by atoms with Crippen molar-refractivity contribution in [1.82, 2.24) is 4.98 Å². The molecular weight excluding hydrogens is 378 g/mol. The molecule has 1 unspecified atom stereocenters. The molecule has 0 bridgehead atoms. The Hall–Kier alpha value is -3.06. The highest BCUT2D eigenvalue weighted by Crippen LogP contribution is 2.31. The van der Waals surface area contributed by atoms with Crippen molar-refractivity contribution in [3.63, 3.8) is 0 Å². The van der Waals surface area contributed by atoms with Gasteiger partial charge in [-0.1, -0.05) is 23.5 Å². The van der Waals surface area contributed by atoms with Gasteiger partial charge >= 0.3 is 0 Å². The Morgan fingerprint density at radius 1 is 0.929 bits per heavy atom. The number of fused-ring (bicyclic) bond motifs is 1. The van der Waals surface area contributed by atoms with E-state index in [4.69, 9.17) is 9.47 Å². The number of para-hydroxylation sites is 1. The smallest absolute Gasteiger partial charge is 0.279 e. The van der Waals surface area contributed by atoms with Crippen LogP contribution in [0, 0.1) is 5.92 Å². The first kappa shape index (κ1) is 19.7. The Morgan fingerprint density at radius 2 is 1.54 bits per heavy atom. The number of carbonyl (C=O) groups is 3. The van der Waals surface area contributed by atoms with Gasteiger partial charge in [0.1, 0.15) is 29.0 Å². The zero-order chi connectivity index (χ0) is 20.3. The van der Waals surface area contributed by atoms with Crippen LogP contribution in [0.15, 0.2) is 48.5 Å². The molecule has 7 heteroatoms. The molecule has 0 spiro atoms. The van der Waals surface area contributed by atoms with Crippen molar-refractivity contribution in [2.45, 2.75) is 26.9 Å². The SMILES string of the molecule is CC(=O)C(C(C)=O)C(=O)C(C)Oc1ccc(Oc2nc3ccccc3s2)cc1. The van der Waals surface area contributed by atoms with E-state index in [1.54, 1.807) is 24.3 Å². The molecule has 1 atom stereocenters. The molecule has 6 nitrogen and oxygen atoms in total. The van der Waals surface area contributed by atoms with E-state index in [0.29, 0.717) is 16.7 Å². The Morgan fingerprint density at radius 3 is 2.14 bits per heavy atom. The molecule has 0 N–H and O–H groups in total. The molecule has 3 aromatic rings. The summed E-state index contributed by atoms with van der Waals surface area (Å²) < 4.78 is 12.4. The van der Waals surface area contributed by atoms with Gasteiger partial charge in [0.15, 0.2) is 11.9 Å². The predicted molar refractivity (Wildman–Crippen MR) is 106 cm³/mol. The fraction of sp³-hybridized carbons (Fsp3) is 0.238. The van der Waals surface area contributed by atoms with E-state index in [-0.39, 0.29) is 0 Å². The van der Waals surface area contributed by atoms with Crippen molar-refractivity contribution in [2.75, 3.05) is 0 Å². The van der Waals surface area contributed by atoms with Crippen LogP contribution in [0.4, 0.5) is 0 Å². The number of nitrogens with zero attached hydrogens (tertiary/aromatic N) is 1. The minimum absolute atomic E-state index is 0.434. The van der Waals surface area contributed by atoms with Gasteiger partial charge in [0, 0.05) is 0 Å². The molecule has 0 aliphatic heterocycles. The first-order valence-electron chi connectivity index (χ1n) is 8.70. The van der Waals surface area contributed by atoms with Gasteiger partial charge in [-0.05, 0) is 57.2 Å². The number of carbonyl (C=O) groups excluding carboxylic acids is 3. The number of thiazole rings is 1. The molecule has 0 fully saturated rings. The Labute approximate surface area is 166 Å². The van der Waals surface area contributed by atoms with Crippen LogP contribution in [-0.2, 0) is 14.4 Å². The number of Topliss-reactive ketones (excluding diaryl/α,β-unsaturated/α-hetero) is 3. The number of aromatic nitrogens is 1. The number of hydrogen-bond acceptors (Lipinski definition) is 7. The van der Waals surface area contributed by atoms with E-state index in [1.165, 1.54) is 32.1 Å². The lowest BCUT2D eigenvalue weighted by molar-refractivity contribution is -0.141. The largest absolute Gasteiger partial charge is 0.483 e. The second kappa shape index (κ2) is 8.31. The number of benzene rings is 2. The van der Waals surface area contributed by atoms with Crippen LogP contribution in [0.1, 0.15) is 20.8 Å². The van der Waals surface area contributed by atoms with E-state index in [2.05, 4.69) is 4.98 Å². The maximum Gasteiger partial charge on any atom is 0.279 e. The molecule has 3 rings (SSSR count). The van der Waals surface area contributed by atoms with Crippen LogP contribution in [0.2, 0.25) is 0 Å². The Bertz CT molecular complexity index is 978. The first-order valence-corrected chi connectivity index (χ1v) is 9.51. The van der Waals surface area contributed by atoms with Crippen LogP contribution in [-0.4, -0.2) is 28.4 Å². The molecule has 0 amide bonds. The summed E-state index contributed by atoms with van der Waals surface area (Å²) in [5.74, 6) is -1.77. The Balaban J connectivity index is 1.66. The molecule has 0 radical (unpaired) electrons. The summed E-state index contributed by atoms with van der Waals surface area (Å²) in [6.45, 7) is 3.97. The fourth-order valence-electron chi connectivity index (χ4n) is 2.77. The second-order valence-electron chi connectivity index (χ2n) is 6.34. The zero-order valence-corrected chi connectivity index (χ0v) is 16.5. The number of ether oxygens (including phenoxy) is 2. The summed E-state index contributed by atoms with van der Waals surface area (Å²) in [5.41, 5.74) is 0.875. The number of rotatable bonds is 8. The van der Waals surface area contributed by atoms with Crippen LogP contribution >= 0.6 is 11.3 Å². The van der Waals surface area contributed by atoms with E-state index < -0.39 is 29.4 Å². The number of hydrogen-bond donors (Lipinski definition) is 0. The molecule has 0 saturated carbocycles. The Kier molecular flexibility index (Phi) is 5.84. The van der Waals surface area contributed by atoms with E-state index in [1.807, 2.05) is 24.3 Å². The highest BCUT2D eigenvalue weighted by molar-refractivity contribution is 7.20. The van der Waals surface area contributed by atoms with Gasteiger partial charge in [0.05, 0.1) is 10.2 Å². The third-order valence-corrected chi connectivity index (χ3v) is 5.03. The molecule has 0 saturated heterocycles. The van der Waals surface area contributed by atoms with Crippen molar-refractivity contribution >= 4 is 38.9 Å². The van der Waals surface area contributed by atoms with Gasteiger partial charge in [0.2, 0.25) is 0 Å². The lowest BCUT2D eigenvalue weighted by Gasteiger charge is -2.17. The van der Waals surface area contributed by atoms with E-state index in [0.717, 1.165) is 10.2 Å². The lowest BCUT2D eigenvalue weighted by atomic mass is 9.93. The molecule has 1 aromatic heterocycles. The van der Waals surface area contributed by atoms with Gasteiger partial charge < -0.3 is 9.47 Å². The van der Waals surface area contributed by atoms with Crippen LogP contribution in [0.5, 0.6) is 16.7 Å². The quantitative estimate of drug-likeness (QED) is 0.529. The maximum absolute atomic E-state index is 12.3. The average molecular weight is 397 g/mol. The minimum Gasteiger partial charge on any atom is -0.483 e. The molecule has 0 aliphatic carbocycles. The monoisotopic (exact) mass is 397 g/mol. The average Bonchev–Trinajstić information content (AvgIpc) is 3.05. The highest BCUT2D eigenvalue weighted by Gasteiger charge is 2.32. The molecule has 144 valence electrons. The van der Waals surface area contributed by atoms with Crippen LogP contribution in [0.25, 0.3) is 10.2 Å². The molecule has 0 aliphatic rings. The molecule has 1 heterocycles. The topological polar surface area (TPSA) is 82.6 Å². The molecular formula is C21H19NO5S. The molecule has 2 aromatic carbocycles. The summed E-state index contributed by atoms with van der Waals surface area (Å²) in [6.07, 6.45) is -0.922. The van der Waals surface area contributed by atoms with Gasteiger partial charge in [-0.15, -0.1) is 0 Å². The van der Waals surface area contributed by atoms with E-state index >= 15 is 0 Å². The van der Waals surface area contributed by atoms with Gasteiger partial charge in [-0.3, -0.25) is 14.4 Å². The third-order valence-electron chi connectivity index (χ3n) is 4.11. The van der Waals surface area contributed by atoms with Gasteiger partial charge in [-0.25, -0.2) is 4.98 Å². The summed E-state index contributed by atoms with van der Waals surface area (Å²) in [7, 11) is 0. The van der Waals surface area contributed by atoms with Gasteiger partial charge in [-0.2, -0.15) is 0 Å². The van der Waals surface area contributed by atoms with Crippen LogP contribution < -0.4 is 9.47 Å². The van der Waals surface area contributed by atoms with Crippen molar-refractivity contribution < 1.29 is 23.9 Å². The first-order chi connectivity index (χ1) is 13.3. The van der Waals surface area contributed by atoms with Crippen molar-refractivity contribution in [3.8, 4) is 16.7 Å². The standard InChI is InChI=1S/C21H19NO5S/c1-12(23)19(13(2)24)20(25)14(3)26-15-8-10-16(11-9-15)27-21-22-17-6-4-5-7-18(17)28-21/h4-11,14,19H,1-3H3. The van der Waals surface area contributed by atoms with Crippen molar-refractivity contribution in [2.24, 2.45) is 5.92 Å². The lowest BCUT2D eigenvalue weighted by Crippen LogP contribution is -2.37. The van der Waals surface area contributed by atoms with Crippen LogP contribution in [0.3, 0.4) is 0 Å². The summed E-state index contributed by atoms with van der Waals surface area (Å²) in [5, 5.41) is 0.532. The summed E-state index contributed by atoms with van der Waals surface area (Å²) in [6, 6.07) is 14.5. The highest BCUT2D eigenvalue weighted by atomic mass is 32.1. The summed E-state index contributed by atoms with van der Waals surface area (Å²) in [4.78, 5) is 39.8. The predicted octanol–water partition coefficient (Wildman–Crippen LogP) is 4.22. The second-order valence-corrected chi connectivity index (χ2v) is 7.33.